The minimum absolute atomic E-state index is 0.0755. The van der Waals surface area contributed by atoms with Crippen LogP contribution in [0.15, 0.2) is 17.2 Å². The summed E-state index contributed by atoms with van der Waals surface area (Å²) in [5.74, 6) is 0. The van der Waals surface area contributed by atoms with Gasteiger partial charge in [0.05, 0.1) is 12.9 Å². The zero-order chi connectivity index (χ0) is 8.27. The molecule has 0 aliphatic heterocycles. The number of rotatable bonds is 2. The second kappa shape index (κ2) is 3.09. The van der Waals surface area contributed by atoms with Crippen molar-refractivity contribution in [2.45, 2.75) is 13.5 Å². The minimum atomic E-state index is -0.190. The van der Waals surface area contributed by atoms with E-state index in [0.29, 0.717) is 12.0 Å². The van der Waals surface area contributed by atoms with Crippen molar-refractivity contribution in [3.63, 3.8) is 0 Å². The number of nitrogens with zero attached hydrogens (tertiary/aromatic N) is 2. The Morgan fingerprint density at radius 3 is 3.00 bits per heavy atom. The quantitative estimate of drug-likeness (QED) is 0.549. The van der Waals surface area contributed by atoms with Crippen molar-refractivity contribution in [3.05, 3.63) is 28.4 Å². The van der Waals surface area contributed by atoms with Crippen LogP contribution >= 0.6 is 0 Å². The monoisotopic (exact) mass is 152 g/mol. The van der Waals surface area contributed by atoms with E-state index in [1.807, 2.05) is 0 Å². The molecule has 1 heterocycles. The van der Waals surface area contributed by atoms with Crippen LogP contribution < -0.4 is 5.56 Å². The fourth-order valence-electron chi connectivity index (χ4n) is 0.734. The molecule has 1 aromatic heterocycles. The van der Waals surface area contributed by atoms with E-state index in [4.69, 9.17) is 0 Å². The number of carbonyl (C=O) groups is 1. The summed E-state index contributed by atoms with van der Waals surface area (Å²) in [5.41, 5.74) is 0.474. The molecule has 0 saturated carbocycles. The lowest BCUT2D eigenvalue weighted by atomic mass is 10.4. The Labute approximate surface area is 63.5 Å². The van der Waals surface area contributed by atoms with E-state index in [2.05, 4.69) is 4.98 Å². The van der Waals surface area contributed by atoms with Crippen molar-refractivity contribution >= 4 is 6.29 Å². The number of aryl methyl sites for hydroxylation is 1. The van der Waals surface area contributed by atoms with Crippen LogP contribution in [0.4, 0.5) is 0 Å². The van der Waals surface area contributed by atoms with E-state index >= 15 is 0 Å². The Kier molecular flexibility index (Phi) is 2.15. The molecule has 0 spiro atoms. The fraction of sp³-hybridized carbons (Fsp3) is 0.286. The summed E-state index contributed by atoms with van der Waals surface area (Å²) in [6, 6.07) is 1.39. The third kappa shape index (κ3) is 1.73. The second-order valence-corrected chi connectivity index (χ2v) is 2.19. The van der Waals surface area contributed by atoms with Gasteiger partial charge in [0.2, 0.25) is 0 Å². The highest BCUT2D eigenvalue weighted by atomic mass is 16.1. The average molecular weight is 152 g/mol. The van der Waals surface area contributed by atoms with Crippen LogP contribution in [-0.4, -0.2) is 15.8 Å². The van der Waals surface area contributed by atoms with Gasteiger partial charge in [0.25, 0.3) is 5.56 Å². The normalized spacial score (nSPS) is 9.55. The predicted octanol–water partition coefficient (Wildman–Crippen LogP) is -0.249. The molecule has 11 heavy (non-hydrogen) atoms. The maximum absolute atomic E-state index is 11.0. The van der Waals surface area contributed by atoms with Crippen LogP contribution in [0.25, 0.3) is 0 Å². The lowest BCUT2D eigenvalue weighted by molar-refractivity contribution is -0.108. The zero-order valence-electron chi connectivity index (χ0n) is 6.15. The van der Waals surface area contributed by atoms with Gasteiger partial charge in [-0.25, -0.2) is 4.98 Å². The summed E-state index contributed by atoms with van der Waals surface area (Å²) in [7, 11) is 0. The molecule has 4 nitrogen and oxygen atoms in total. The highest BCUT2D eigenvalue weighted by Crippen LogP contribution is 1.82. The maximum atomic E-state index is 11.0. The van der Waals surface area contributed by atoms with Crippen molar-refractivity contribution in [2.24, 2.45) is 0 Å². The minimum Gasteiger partial charge on any atom is -0.301 e. The number of hydrogen-bond donors (Lipinski definition) is 0. The molecule has 0 amide bonds. The van der Waals surface area contributed by atoms with E-state index in [0.717, 1.165) is 0 Å². The fourth-order valence-corrected chi connectivity index (χ4v) is 0.734. The molecule has 0 aliphatic rings. The van der Waals surface area contributed by atoms with Crippen LogP contribution in [-0.2, 0) is 11.3 Å². The third-order valence-corrected chi connectivity index (χ3v) is 1.29. The van der Waals surface area contributed by atoms with Crippen LogP contribution in [0.3, 0.4) is 0 Å². The van der Waals surface area contributed by atoms with E-state index in [1.165, 1.54) is 17.0 Å². The summed E-state index contributed by atoms with van der Waals surface area (Å²) in [4.78, 5) is 24.9. The van der Waals surface area contributed by atoms with Crippen molar-refractivity contribution in [3.8, 4) is 0 Å². The molecule has 58 valence electrons. The van der Waals surface area contributed by atoms with Gasteiger partial charge in [-0.05, 0) is 6.92 Å². The highest BCUT2D eigenvalue weighted by Gasteiger charge is 1.93. The molecular formula is C7H8N2O2. The van der Waals surface area contributed by atoms with Gasteiger partial charge in [0.15, 0.2) is 0 Å². The number of carbonyl (C=O) groups excluding carboxylic acids is 1. The first-order valence-electron chi connectivity index (χ1n) is 3.21. The summed E-state index contributed by atoms with van der Waals surface area (Å²) in [6.45, 7) is 1.80. The van der Waals surface area contributed by atoms with Gasteiger partial charge in [-0.3, -0.25) is 9.36 Å². The first-order valence-corrected chi connectivity index (χ1v) is 3.21. The Morgan fingerprint density at radius 1 is 1.73 bits per heavy atom. The molecule has 0 N–H and O–H groups in total. The van der Waals surface area contributed by atoms with Gasteiger partial charge < -0.3 is 4.79 Å². The SMILES string of the molecule is Cc1cc(=O)n(CC=O)cn1. The van der Waals surface area contributed by atoms with Crippen LogP contribution in [0, 0.1) is 6.92 Å². The molecule has 0 atom stereocenters. The van der Waals surface area contributed by atoms with Gasteiger partial charge >= 0.3 is 0 Å². The van der Waals surface area contributed by atoms with Crippen molar-refractivity contribution < 1.29 is 4.79 Å². The summed E-state index contributed by atoms with van der Waals surface area (Å²) in [6.07, 6.45) is 2.03. The molecule has 1 rings (SSSR count). The topological polar surface area (TPSA) is 52.0 Å². The molecule has 1 aromatic rings. The highest BCUT2D eigenvalue weighted by molar-refractivity contribution is 5.48. The van der Waals surface area contributed by atoms with E-state index in [9.17, 15) is 9.59 Å². The van der Waals surface area contributed by atoms with Crippen molar-refractivity contribution in [1.29, 1.82) is 0 Å². The summed E-state index contributed by atoms with van der Waals surface area (Å²) < 4.78 is 1.25. The lowest BCUT2D eigenvalue weighted by Crippen LogP contribution is -2.20. The predicted molar refractivity (Wildman–Crippen MR) is 39.3 cm³/mol. The van der Waals surface area contributed by atoms with Gasteiger partial charge in [-0.2, -0.15) is 0 Å². The molecule has 0 aliphatic carbocycles. The Hall–Kier alpha value is -1.45. The molecule has 0 saturated heterocycles. The van der Waals surface area contributed by atoms with Gasteiger partial charge in [-0.15, -0.1) is 0 Å². The summed E-state index contributed by atoms with van der Waals surface area (Å²) in [5, 5.41) is 0. The summed E-state index contributed by atoms with van der Waals surface area (Å²) >= 11 is 0. The van der Waals surface area contributed by atoms with Gasteiger partial charge in [0, 0.05) is 11.8 Å². The van der Waals surface area contributed by atoms with Crippen molar-refractivity contribution in [1.82, 2.24) is 9.55 Å². The second-order valence-electron chi connectivity index (χ2n) is 2.19. The smallest absolute Gasteiger partial charge is 0.253 e. The number of aromatic nitrogens is 2. The lowest BCUT2D eigenvalue weighted by Gasteiger charge is -1.97. The average Bonchev–Trinajstić information content (AvgIpc) is 1.95. The number of aldehydes is 1. The first-order chi connectivity index (χ1) is 5.24. The van der Waals surface area contributed by atoms with Gasteiger partial charge in [0.1, 0.15) is 6.29 Å². The standard InChI is InChI=1S/C7H8N2O2/c1-6-4-7(11)9(2-3-10)5-8-6/h3-5H,2H2,1H3. The number of hydrogen-bond acceptors (Lipinski definition) is 3. The van der Waals surface area contributed by atoms with Crippen LogP contribution in [0.2, 0.25) is 0 Å². The molecule has 0 aromatic carbocycles. The van der Waals surface area contributed by atoms with E-state index < -0.39 is 0 Å². The molecule has 0 radical (unpaired) electrons. The van der Waals surface area contributed by atoms with Crippen LogP contribution in [0.5, 0.6) is 0 Å². The first kappa shape index (κ1) is 7.65. The molecular weight excluding hydrogens is 144 g/mol. The molecule has 0 bridgehead atoms. The van der Waals surface area contributed by atoms with Crippen LogP contribution in [0.1, 0.15) is 5.69 Å². The van der Waals surface area contributed by atoms with Crippen molar-refractivity contribution in [2.75, 3.05) is 0 Å². The zero-order valence-corrected chi connectivity index (χ0v) is 6.15. The van der Waals surface area contributed by atoms with E-state index in [1.54, 1.807) is 6.92 Å². The van der Waals surface area contributed by atoms with Gasteiger partial charge in [-0.1, -0.05) is 0 Å². The molecule has 0 fully saturated rings. The largest absolute Gasteiger partial charge is 0.301 e. The Balaban J connectivity index is 3.09. The molecule has 4 heteroatoms. The third-order valence-electron chi connectivity index (χ3n) is 1.29. The maximum Gasteiger partial charge on any atom is 0.253 e. The Bertz CT molecular complexity index is 316. The Morgan fingerprint density at radius 2 is 2.45 bits per heavy atom. The molecule has 0 unspecified atom stereocenters. The van der Waals surface area contributed by atoms with E-state index in [-0.39, 0.29) is 12.1 Å².